The van der Waals surface area contributed by atoms with Crippen molar-refractivity contribution in [1.29, 1.82) is 0 Å². The second kappa shape index (κ2) is 5.06. The van der Waals surface area contributed by atoms with Gasteiger partial charge in [-0.2, -0.15) is 5.10 Å². The Morgan fingerprint density at radius 1 is 1.17 bits per heavy atom. The zero-order chi connectivity index (χ0) is 13.3. The molecule has 2 aromatic rings. The van der Waals surface area contributed by atoms with Crippen molar-refractivity contribution in [2.45, 2.75) is 34.2 Å². The third kappa shape index (κ3) is 2.53. The maximum absolute atomic E-state index is 4.38. The van der Waals surface area contributed by atoms with Crippen LogP contribution in [0.25, 0.3) is 0 Å². The molecule has 0 spiro atoms. The second-order valence-corrected chi connectivity index (χ2v) is 5.09. The fraction of sp³-hybridized carbons (Fsp3) is 0.417. The Morgan fingerprint density at radius 2 is 1.89 bits per heavy atom. The molecule has 0 amide bonds. The summed E-state index contributed by atoms with van der Waals surface area (Å²) in [4.78, 5) is 8.67. The van der Waals surface area contributed by atoms with Gasteiger partial charge in [-0.25, -0.2) is 9.97 Å². The number of aromatic amines is 1. The van der Waals surface area contributed by atoms with Crippen LogP contribution in [0.15, 0.2) is 4.47 Å². The van der Waals surface area contributed by atoms with Crippen LogP contribution in [0.5, 0.6) is 0 Å². The van der Waals surface area contributed by atoms with E-state index in [1.165, 1.54) is 5.56 Å². The summed E-state index contributed by atoms with van der Waals surface area (Å²) in [6, 6.07) is 0. The van der Waals surface area contributed by atoms with E-state index in [0.717, 1.165) is 33.2 Å². The predicted octanol–water partition coefficient (Wildman–Crippen LogP) is 2.81. The van der Waals surface area contributed by atoms with Gasteiger partial charge in [-0.15, -0.1) is 0 Å². The number of hydrogen-bond donors (Lipinski definition) is 2. The Kier molecular flexibility index (Phi) is 3.65. The van der Waals surface area contributed by atoms with Gasteiger partial charge in [0.1, 0.15) is 11.6 Å². The lowest BCUT2D eigenvalue weighted by Gasteiger charge is -2.09. The van der Waals surface area contributed by atoms with Crippen molar-refractivity contribution in [2.24, 2.45) is 0 Å². The minimum absolute atomic E-state index is 0.644. The highest BCUT2D eigenvalue weighted by atomic mass is 79.9. The number of hydrogen-bond acceptors (Lipinski definition) is 4. The summed E-state index contributed by atoms with van der Waals surface area (Å²) in [5.74, 6) is 1.56. The molecule has 0 radical (unpaired) electrons. The summed E-state index contributed by atoms with van der Waals surface area (Å²) in [5.41, 5.74) is 4.22. The lowest BCUT2D eigenvalue weighted by molar-refractivity contribution is 0.940. The molecule has 0 aromatic carbocycles. The molecule has 0 aliphatic heterocycles. The normalized spacial score (nSPS) is 10.7. The molecule has 0 saturated carbocycles. The lowest BCUT2D eigenvalue weighted by atomic mass is 10.2. The van der Waals surface area contributed by atoms with E-state index in [2.05, 4.69) is 48.3 Å². The van der Waals surface area contributed by atoms with Crippen LogP contribution in [0.3, 0.4) is 0 Å². The maximum Gasteiger partial charge on any atom is 0.144 e. The smallest absolute Gasteiger partial charge is 0.144 e. The van der Waals surface area contributed by atoms with E-state index in [9.17, 15) is 0 Å². The molecule has 18 heavy (non-hydrogen) atoms. The molecule has 2 aromatic heterocycles. The number of rotatable bonds is 3. The molecule has 2 N–H and O–H groups in total. The highest BCUT2D eigenvalue weighted by Gasteiger charge is 2.09. The second-order valence-electron chi connectivity index (χ2n) is 4.29. The van der Waals surface area contributed by atoms with E-state index < -0.39 is 0 Å². The summed E-state index contributed by atoms with van der Waals surface area (Å²) in [7, 11) is 0. The summed E-state index contributed by atoms with van der Waals surface area (Å²) in [5, 5.41) is 10.5. The van der Waals surface area contributed by atoms with Crippen molar-refractivity contribution in [3.8, 4) is 0 Å². The van der Waals surface area contributed by atoms with Crippen LogP contribution < -0.4 is 5.32 Å². The molecule has 2 rings (SSSR count). The fourth-order valence-corrected chi connectivity index (χ4v) is 2.01. The number of nitrogens with one attached hydrogen (secondary N) is 2. The average molecular weight is 310 g/mol. The summed E-state index contributed by atoms with van der Waals surface area (Å²) in [6.45, 7) is 8.55. The first-order valence-electron chi connectivity index (χ1n) is 5.74. The number of nitrogens with zero attached hydrogens (tertiary/aromatic N) is 3. The van der Waals surface area contributed by atoms with Crippen LogP contribution in [-0.4, -0.2) is 20.2 Å². The van der Waals surface area contributed by atoms with Crippen molar-refractivity contribution in [3.63, 3.8) is 0 Å². The summed E-state index contributed by atoms with van der Waals surface area (Å²) >= 11 is 3.50. The van der Waals surface area contributed by atoms with Crippen LogP contribution >= 0.6 is 15.9 Å². The van der Waals surface area contributed by atoms with Crippen LogP contribution in [0.1, 0.15) is 28.5 Å². The van der Waals surface area contributed by atoms with Gasteiger partial charge in [0.25, 0.3) is 0 Å². The Hall–Kier alpha value is -1.43. The van der Waals surface area contributed by atoms with Crippen molar-refractivity contribution in [1.82, 2.24) is 20.2 Å². The molecule has 0 aliphatic rings. The first-order chi connectivity index (χ1) is 8.49. The van der Waals surface area contributed by atoms with Crippen molar-refractivity contribution in [3.05, 3.63) is 32.9 Å². The molecule has 0 bridgehead atoms. The van der Waals surface area contributed by atoms with E-state index >= 15 is 0 Å². The molecular formula is C12H16BrN5. The van der Waals surface area contributed by atoms with Gasteiger partial charge in [-0.1, -0.05) is 0 Å². The predicted molar refractivity (Wildman–Crippen MR) is 74.6 cm³/mol. The maximum atomic E-state index is 4.38. The standard InChI is InChI=1S/C12H16BrN5/c1-6-7(2)17-18-10(6)5-14-12-11(13)8(3)15-9(4)16-12/h5H2,1-4H3,(H,17,18)(H,14,15,16). The summed E-state index contributed by atoms with van der Waals surface area (Å²) in [6.07, 6.45) is 0. The quantitative estimate of drug-likeness (QED) is 0.915. The van der Waals surface area contributed by atoms with Crippen molar-refractivity contribution in [2.75, 3.05) is 5.32 Å². The van der Waals surface area contributed by atoms with E-state index in [0.29, 0.717) is 6.54 Å². The van der Waals surface area contributed by atoms with Gasteiger partial charge in [-0.3, -0.25) is 5.10 Å². The van der Waals surface area contributed by atoms with E-state index in [1.807, 2.05) is 20.8 Å². The van der Waals surface area contributed by atoms with Crippen LogP contribution in [0.2, 0.25) is 0 Å². The molecule has 0 aliphatic carbocycles. The minimum Gasteiger partial charge on any atom is -0.363 e. The van der Waals surface area contributed by atoms with Crippen LogP contribution in [0, 0.1) is 27.7 Å². The molecule has 96 valence electrons. The first kappa shape index (κ1) is 13.0. The van der Waals surface area contributed by atoms with Gasteiger partial charge in [0, 0.05) is 5.69 Å². The van der Waals surface area contributed by atoms with Crippen LogP contribution in [-0.2, 0) is 6.54 Å². The monoisotopic (exact) mass is 309 g/mol. The zero-order valence-electron chi connectivity index (χ0n) is 10.9. The van der Waals surface area contributed by atoms with Gasteiger partial charge < -0.3 is 5.32 Å². The highest BCUT2D eigenvalue weighted by molar-refractivity contribution is 9.10. The molecule has 6 heteroatoms. The van der Waals surface area contributed by atoms with Gasteiger partial charge in [0.15, 0.2) is 0 Å². The lowest BCUT2D eigenvalue weighted by Crippen LogP contribution is -2.06. The van der Waals surface area contributed by atoms with E-state index in [1.54, 1.807) is 0 Å². The number of aryl methyl sites for hydroxylation is 3. The van der Waals surface area contributed by atoms with Gasteiger partial charge in [0.05, 0.1) is 22.4 Å². The zero-order valence-corrected chi connectivity index (χ0v) is 12.5. The number of aromatic nitrogens is 4. The molecule has 5 nitrogen and oxygen atoms in total. The SMILES string of the molecule is Cc1nc(C)c(Br)c(NCc2n[nH]c(C)c2C)n1. The Bertz CT molecular complexity index is 576. The summed E-state index contributed by atoms with van der Waals surface area (Å²) < 4.78 is 0.901. The topological polar surface area (TPSA) is 66.5 Å². The largest absolute Gasteiger partial charge is 0.363 e. The molecular weight excluding hydrogens is 294 g/mol. The third-order valence-electron chi connectivity index (χ3n) is 2.91. The number of H-pyrrole nitrogens is 1. The molecule has 0 atom stereocenters. The minimum atomic E-state index is 0.644. The van der Waals surface area contributed by atoms with Gasteiger partial charge >= 0.3 is 0 Å². The molecule has 0 fully saturated rings. The Morgan fingerprint density at radius 3 is 2.50 bits per heavy atom. The number of halogens is 1. The van der Waals surface area contributed by atoms with Crippen molar-refractivity contribution >= 4 is 21.7 Å². The average Bonchev–Trinajstić information content (AvgIpc) is 2.63. The molecule has 0 saturated heterocycles. The number of anilines is 1. The molecule has 0 unspecified atom stereocenters. The van der Waals surface area contributed by atoms with E-state index in [4.69, 9.17) is 0 Å². The fourth-order valence-electron chi connectivity index (χ4n) is 1.69. The van der Waals surface area contributed by atoms with E-state index in [-0.39, 0.29) is 0 Å². The Labute approximate surface area is 115 Å². The molecule has 2 heterocycles. The highest BCUT2D eigenvalue weighted by Crippen LogP contribution is 2.23. The first-order valence-corrected chi connectivity index (χ1v) is 6.53. The van der Waals surface area contributed by atoms with Gasteiger partial charge in [-0.05, 0) is 49.2 Å². The third-order valence-corrected chi connectivity index (χ3v) is 3.86. The van der Waals surface area contributed by atoms with Crippen molar-refractivity contribution < 1.29 is 0 Å². The Balaban J connectivity index is 2.18. The van der Waals surface area contributed by atoms with Gasteiger partial charge in [0.2, 0.25) is 0 Å². The van der Waals surface area contributed by atoms with Crippen LogP contribution in [0.4, 0.5) is 5.82 Å².